The minimum Gasteiger partial charge on any atom is -0.458 e. The molecule has 0 saturated carbocycles. The molecule has 1 heterocycles. The van der Waals surface area contributed by atoms with Crippen LogP contribution in [0.2, 0.25) is 0 Å². The summed E-state index contributed by atoms with van der Waals surface area (Å²) in [6.07, 6.45) is 6.51. The van der Waals surface area contributed by atoms with Crippen molar-refractivity contribution in [3.63, 3.8) is 0 Å². The molecule has 0 aromatic carbocycles. The van der Waals surface area contributed by atoms with Crippen LogP contribution in [-0.2, 0) is 28.6 Å². The predicted octanol–water partition coefficient (Wildman–Crippen LogP) is 3.80. The first-order chi connectivity index (χ1) is 13.1. The minimum atomic E-state index is -1.53. The van der Waals surface area contributed by atoms with Gasteiger partial charge in [-0.2, -0.15) is 0 Å². The number of fused-ring (bicyclic) bond motifs is 1. The molecule has 28 heavy (non-hydrogen) atoms. The van der Waals surface area contributed by atoms with Crippen LogP contribution < -0.4 is 0 Å². The molecule has 154 valence electrons. The van der Waals surface area contributed by atoms with Crippen molar-refractivity contribution in [2.24, 2.45) is 5.92 Å². The number of esters is 3. The summed E-state index contributed by atoms with van der Waals surface area (Å²) >= 11 is 0. The lowest BCUT2D eigenvalue weighted by molar-refractivity contribution is -0.175. The fourth-order valence-electron chi connectivity index (χ4n) is 3.78. The Morgan fingerprint density at radius 3 is 2.54 bits per heavy atom. The van der Waals surface area contributed by atoms with Gasteiger partial charge in [-0.25, -0.2) is 9.59 Å². The van der Waals surface area contributed by atoms with Crippen LogP contribution in [0.4, 0.5) is 0 Å². The first-order valence-electron chi connectivity index (χ1n) is 9.66. The third kappa shape index (κ3) is 4.72. The quantitative estimate of drug-likeness (QED) is 0.316. The number of carbonyl (C=O) groups excluding carboxylic acids is 3. The third-order valence-electron chi connectivity index (χ3n) is 5.41. The van der Waals surface area contributed by atoms with Crippen LogP contribution in [0.1, 0.15) is 60.8 Å². The van der Waals surface area contributed by atoms with E-state index in [0.717, 1.165) is 24.0 Å². The standard InChI is InChI=1S/C22H30O6/c1-7-15(4)20(24)26-17-11-13(2)9-8-10-14(3)12-18-19(17)22(6,21(25)27-18)28-16(5)23/h7,10-11,17-19H,8-9,12H2,1-6H3/b13-11+,14-10?,15-7+. The number of carbonyl (C=O) groups is 3. The van der Waals surface area contributed by atoms with Gasteiger partial charge in [-0.3, -0.25) is 4.79 Å². The molecule has 4 atom stereocenters. The lowest BCUT2D eigenvalue weighted by Gasteiger charge is -2.33. The molecule has 0 aromatic heterocycles. The number of allylic oxidation sites excluding steroid dienone is 3. The minimum absolute atomic E-state index is 0.468. The van der Waals surface area contributed by atoms with Crippen molar-refractivity contribution < 1.29 is 28.6 Å². The van der Waals surface area contributed by atoms with Crippen molar-refractivity contribution in [3.8, 4) is 0 Å². The second-order valence-electron chi connectivity index (χ2n) is 7.82. The predicted molar refractivity (Wildman–Crippen MR) is 104 cm³/mol. The highest BCUT2D eigenvalue weighted by atomic mass is 16.6. The average Bonchev–Trinajstić information content (AvgIpc) is 2.82. The SMILES string of the molecule is C/C=C(\C)C(=O)OC1/C=C(\C)CCC=C(C)CC2OC(=O)C(C)(OC(C)=O)C12. The topological polar surface area (TPSA) is 78.9 Å². The van der Waals surface area contributed by atoms with Crippen molar-refractivity contribution in [2.45, 2.75) is 78.6 Å². The van der Waals surface area contributed by atoms with E-state index in [0.29, 0.717) is 12.0 Å². The van der Waals surface area contributed by atoms with Crippen LogP contribution in [-0.4, -0.2) is 35.7 Å². The van der Waals surface area contributed by atoms with E-state index in [9.17, 15) is 14.4 Å². The average molecular weight is 390 g/mol. The zero-order chi connectivity index (χ0) is 21.1. The van der Waals surface area contributed by atoms with Crippen LogP contribution in [0.25, 0.3) is 0 Å². The molecular weight excluding hydrogens is 360 g/mol. The molecule has 0 amide bonds. The molecule has 0 spiro atoms. The second kappa shape index (κ2) is 8.76. The Kier molecular flexibility index (Phi) is 6.86. The fraction of sp³-hybridized carbons (Fsp3) is 0.591. The monoisotopic (exact) mass is 390 g/mol. The molecule has 0 radical (unpaired) electrons. The summed E-state index contributed by atoms with van der Waals surface area (Å²) < 4.78 is 16.9. The zero-order valence-electron chi connectivity index (χ0n) is 17.5. The maximum atomic E-state index is 12.7. The van der Waals surface area contributed by atoms with E-state index < -0.39 is 41.6 Å². The van der Waals surface area contributed by atoms with Gasteiger partial charge in [-0.15, -0.1) is 0 Å². The summed E-state index contributed by atoms with van der Waals surface area (Å²) in [7, 11) is 0. The first-order valence-corrected chi connectivity index (χ1v) is 9.66. The molecule has 1 aliphatic carbocycles. The maximum absolute atomic E-state index is 12.7. The molecule has 6 heteroatoms. The summed E-state index contributed by atoms with van der Waals surface area (Å²) in [5, 5.41) is 0. The van der Waals surface area contributed by atoms with E-state index in [1.807, 2.05) is 19.9 Å². The Balaban J connectivity index is 2.54. The van der Waals surface area contributed by atoms with E-state index in [4.69, 9.17) is 14.2 Å². The molecule has 1 aliphatic heterocycles. The number of ether oxygens (including phenoxy) is 3. The summed E-state index contributed by atoms with van der Waals surface area (Å²) in [6, 6.07) is 0. The Morgan fingerprint density at radius 2 is 1.93 bits per heavy atom. The van der Waals surface area contributed by atoms with E-state index >= 15 is 0 Å². The lowest BCUT2D eigenvalue weighted by Crippen LogP contribution is -2.49. The smallest absolute Gasteiger partial charge is 0.351 e. The summed E-state index contributed by atoms with van der Waals surface area (Å²) in [5.74, 6) is -2.31. The van der Waals surface area contributed by atoms with Gasteiger partial charge in [0.05, 0.1) is 5.92 Å². The highest BCUT2D eigenvalue weighted by molar-refractivity contribution is 5.88. The van der Waals surface area contributed by atoms with Crippen LogP contribution in [0.5, 0.6) is 0 Å². The highest BCUT2D eigenvalue weighted by Crippen LogP contribution is 2.42. The molecule has 6 nitrogen and oxygen atoms in total. The number of rotatable bonds is 3. The highest BCUT2D eigenvalue weighted by Gasteiger charge is 2.60. The maximum Gasteiger partial charge on any atom is 0.351 e. The zero-order valence-corrected chi connectivity index (χ0v) is 17.5. The molecule has 0 aromatic rings. The van der Waals surface area contributed by atoms with Crippen molar-refractivity contribution in [1.29, 1.82) is 0 Å². The second-order valence-corrected chi connectivity index (χ2v) is 7.82. The lowest BCUT2D eigenvalue weighted by atomic mass is 9.79. The van der Waals surface area contributed by atoms with E-state index in [-0.39, 0.29) is 0 Å². The van der Waals surface area contributed by atoms with Crippen molar-refractivity contribution in [1.82, 2.24) is 0 Å². The normalized spacial score (nSPS) is 33.0. The summed E-state index contributed by atoms with van der Waals surface area (Å²) in [4.78, 5) is 37.0. The Labute approximate surface area is 166 Å². The Morgan fingerprint density at radius 1 is 1.25 bits per heavy atom. The number of hydrogen-bond donors (Lipinski definition) is 0. The summed E-state index contributed by atoms with van der Waals surface area (Å²) in [6.45, 7) is 10.2. The van der Waals surface area contributed by atoms with Gasteiger partial charge in [0.15, 0.2) is 0 Å². The Hall–Kier alpha value is -2.37. The van der Waals surface area contributed by atoms with Gasteiger partial charge in [-0.05, 0) is 53.5 Å². The fourth-order valence-corrected chi connectivity index (χ4v) is 3.78. The van der Waals surface area contributed by atoms with Crippen LogP contribution in [0, 0.1) is 5.92 Å². The molecule has 2 rings (SSSR count). The van der Waals surface area contributed by atoms with Gasteiger partial charge in [0.2, 0.25) is 5.60 Å². The van der Waals surface area contributed by atoms with Gasteiger partial charge in [-0.1, -0.05) is 23.3 Å². The molecule has 0 N–H and O–H groups in total. The van der Waals surface area contributed by atoms with Crippen molar-refractivity contribution >= 4 is 17.9 Å². The van der Waals surface area contributed by atoms with Crippen LogP contribution >= 0.6 is 0 Å². The largest absolute Gasteiger partial charge is 0.458 e. The molecule has 1 fully saturated rings. The van der Waals surface area contributed by atoms with Crippen molar-refractivity contribution in [2.75, 3.05) is 0 Å². The van der Waals surface area contributed by atoms with E-state index in [1.54, 1.807) is 26.8 Å². The van der Waals surface area contributed by atoms with Gasteiger partial charge in [0.1, 0.15) is 12.2 Å². The van der Waals surface area contributed by atoms with Crippen LogP contribution in [0.3, 0.4) is 0 Å². The molecular formula is C22H30O6. The molecule has 2 aliphatic rings. The van der Waals surface area contributed by atoms with Crippen molar-refractivity contribution in [3.05, 3.63) is 34.9 Å². The van der Waals surface area contributed by atoms with E-state index in [2.05, 4.69) is 6.08 Å². The van der Waals surface area contributed by atoms with Gasteiger partial charge >= 0.3 is 17.9 Å². The Bertz CT molecular complexity index is 744. The van der Waals surface area contributed by atoms with Gasteiger partial charge < -0.3 is 14.2 Å². The third-order valence-corrected chi connectivity index (χ3v) is 5.41. The molecule has 1 saturated heterocycles. The first kappa shape index (κ1) is 21.9. The number of hydrogen-bond acceptors (Lipinski definition) is 6. The van der Waals surface area contributed by atoms with Gasteiger partial charge in [0, 0.05) is 18.9 Å². The van der Waals surface area contributed by atoms with E-state index in [1.165, 1.54) is 6.92 Å². The van der Waals surface area contributed by atoms with Gasteiger partial charge in [0.25, 0.3) is 0 Å². The van der Waals surface area contributed by atoms with Crippen LogP contribution in [0.15, 0.2) is 34.9 Å². The molecule has 0 bridgehead atoms. The summed E-state index contributed by atoms with van der Waals surface area (Å²) in [5.41, 5.74) is 1.06. The molecule has 4 unspecified atom stereocenters.